The number of aromatic nitrogens is 2. The van der Waals surface area contributed by atoms with Crippen LogP contribution in [0.4, 0.5) is 0 Å². The fraction of sp³-hybridized carbons (Fsp3) is 0.684. The lowest BCUT2D eigenvalue weighted by atomic mass is 10.1. The van der Waals surface area contributed by atoms with Gasteiger partial charge in [0.1, 0.15) is 5.76 Å². The molecule has 0 fully saturated rings. The molecule has 0 aliphatic carbocycles. The Balaban J connectivity index is -0.000000308. The lowest BCUT2D eigenvalue weighted by Crippen LogP contribution is -1.89. The predicted octanol–water partition coefficient (Wildman–Crippen LogP) is 7.21. The molecule has 3 nitrogen and oxygen atoms in total. The van der Waals surface area contributed by atoms with E-state index in [0.29, 0.717) is 11.8 Å². The number of nitrogens with zero attached hydrogens (tertiary/aromatic N) is 2. The van der Waals surface area contributed by atoms with Crippen LogP contribution in [0.1, 0.15) is 94.7 Å². The Morgan fingerprint density at radius 2 is 1.26 bits per heavy atom. The second kappa shape index (κ2) is 11.4. The van der Waals surface area contributed by atoms with Crippen LogP contribution in [0.15, 0.2) is 4.42 Å². The van der Waals surface area contributed by atoms with Gasteiger partial charge in [0, 0.05) is 11.8 Å². The minimum atomic E-state index is 0. The van der Waals surface area contributed by atoms with Gasteiger partial charge in [-0.3, -0.25) is 0 Å². The zero-order valence-electron chi connectivity index (χ0n) is 13.9. The first-order chi connectivity index (χ1) is 9.22. The van der Waals surface area contributed by atoms with Crippen LogP contribution in [0.25, 0.3) is 0 Å². The van der Waals surface area contributed by atoms with Crippen molar-refractivity contribution in [1.29, 1.82) is 0 Å². The monoisotopic (exact) mass is 342 g/mol. The highest BCUT2D eigenvalue weighted by molar-refractivity contribution is 7.11. The molecule has 0 atom stereocenters. The van der Waals surface area contributed by atoms with E-state index in [2.05, 4.69) is 51.5 Å². The summed E-state index contributed by atoms with van der Waals surface area (Å²) in [5.41, 5.74) is 2.35. The van der Waals surface area contributed by atoms with Crippen molar-refractivity contribution in [2.45, 2.75) is 89.5 Å². The van der Waals surface area contributed by atoms with E-state index in [1.165, 1.54) is 15.6 Å². The average molecular weight is 343 g/mol. The highest BCUT2D eigenvalue weighted by Gasteiger charge is 2.09. The molecule has 4 heteroatoms. The highest BCUT2D eigenvalue weighted by atomic mass is 32.1. The van der Waals surface area contributed by atoms with E-state index < -0.39 is 0 Å². The standard InChI is InChI=1S/C8H13NO.C8H13NS.3CH4/c2*1-5(2)8-6(3)10-7(4)9-8;;;/h2*5H,1-4H3;3*1H4. The molecular formula is C19H38N2OS. The number of hydrogen-bond acceptors (Lipinski definition) is 4. The third kappa shape index (κ3) is 7.78. The lowest BCUT2D eigenvalue weighted by molar-refractivity contribution is 0.492. The van der Waals surface area contributed by atoms with Gasteiger partial charge in [0.05, 0.1) is 16.4 Å². The van der Waals surface area contributed by atoms with Crippen molar-refractivity contribution in [3.05, 3.63) is 32.9 Å². The largest absolute Gasteiger partial charge is 0.446 e. The van der Waals surface area contributed by atoms with Gasteiger partial charge in [-0.05, 0) is 32.6 Å². The molecule has 0 amide bonds. The number of oxazole rings is 1. The van der Waals surface area contributed by atoms with Crippen molar-refractivity contribution < 1.29 is 4.42 Å². The summed E-state index contributed by atoms with van der Waals surface area (Å²) in [5.74, 6) is 2.76. The number of rotatable bonds is 2. The van der Waals surface area contributed by atoms with Crippen LogP contribution >= 0.6 is 11.3 Å². The maximum absolute atomic E-state index is 5.26. The third-order valence-corrected chi connectivity index (χ3v) is 3.87. The molecule has 0 unspecified atom stereocenters. The summed E-state index contributed by atoms with van der Waals surface area (Å²) < 4.78 is 5.26. The first-order valence-electron chi connectivity index (χ1n) is 7.10. The Hall–Kier alpha value is -1.16. The van der Waals surface area contributed by atoms with Gasteiger partial charge in [-0.1, -0.05) is 50.0 Å². The van der Waals surface area contributed by atoms with E-state index in [1.807, 2.05) is 13.8 Å². The summed E-state index contributed by atoms with van der Waals surface area (Å²) in [5, 5.41) is 1.18. The number of hydrogen-bond donors (Lipinski definition) is 0. The summed E-state index contributed by atoms with van der Waals surface area (Å²) in [6, 6.07) is 0. The van der Waals surface area contributed by atoms with Gasteiger partial charge in [-0.2, -0.15) is 0 Å². The number of thiazole rings is 1. The van der Waals surface area contributed by atoms with Crippen LogP contribution in [-0.4, -0.2) is 9.97 Å². The second-order valence-corrected chi connectivity index (χ2v) is 7.07. The van der Waals surface area contributed by atoms with E-state index in [4.69, 9.17) is 4.42 Å². The first-order valence-corrected chi connectivity index (χ1v) is 7.91. The maximum atomic E-state index is 5.26. The zero-order chi connectivity index (χ0) is 15.4. The van der Waals surface area contributed by atoms with Crippen LogP contribution in [0.3, 0.4) is 0 Å². The summed E-state index contributed by atoms with van der Waals surface area (Å²) in [7, 11) is 0. The van der Waals surface area contributed by atoms with E-state index >= 15 is 0 Å². The molecule has 2 aromatic rings. The van der Waals surface area contributed by atoms with Gasteiger partial charge in [0.2, 0.25) is 0 Å². The molecule has 2 aromatic heterocycles. The van der Waals surface area contributed by atoms with Crippen LogP contribution in [0.5, 0.6) is 0 Å². The molecular weight excluding hydrogens is 304 g/mol. The minimum Gasteiger partial charge on any atom is -0.446 e. The molecule has 2 heterocycles. The molecule has 23 heavy (non-hydrogen) atoms. The SMILES string of the molecule is C.C.C.Cc1nc(C(C)C)c(C)o1.Cc1nc(C(C)C)c(C)s1. The van der Waals surface area contributed by atoms with Crippen LogP contribution in [-0.2, 0) is 0 Å². The van der Waals surface area contributed by atoms with Crippen molar-refractivity contribution in [3.63, 3.8) is 0 Å². The van der Waals surface area contributed by atoms with Crippen molar-refractivity contribution in [2.75, 3.05) is 0 Å². The maximum Gasteiger partial charge on any atom is 0.191 e. The Kier molecular flexibility index (Phi) is 13.2. The molecule has 0 aliphatic rings. The zero-order valence-corrected chi connectivity index (χ0v) is 14.7. The minimum absolute atomic E-state index is 0. The van der Waals surface area contributed by atoms with E-state index in [0.717, 1.165) is 17.3 Å². The highest BCUT2D eigenvalue weighted by Crippen LogP contribution is 2.23. The summed E-state index contributed by atoms with van der Waals surface area (Å²) >= 11 is 1.79. The second-order valence-electron chi connectivity index (χ2n) is 5.66. The van der Waals surface area contributed by atoms with Crippen molar-refractivity contribution in [1.82, 2.24) is 9.97 Å². The third-order valence-electron chi connectivity index (χ3n) is 2.97. The van der Waals surface area contributed by atoms with Gasteiger partial charge in [-0.15, -0.1) is 11.3 Å². The quantitative estimate of drug-likeness (QED) is 0.579. The summed E-state index contributed by atoms with van der Waals surface area (Å²) in [4.78, 5) is 10.0. The predicted molar refractivity (Wildman–Crippen MR) is 106 cm³/mol. The van der Waals surface area contributed by atoms with E-state index in [1.54, 1.807) is 11.3 Å². The van der Waals surface area contributed by atoms with Gasteiger partial charge in [0.25, 0.3) is 0 Å². The fourth-order valence-corrected chi connectivity index (χ4v) is 3.13. The molecule has 2 rings (SSSR count). The average Bonchev–Trinajstić information content (AvgIpc) is 2.82. The molecule has 136 valence electrons. The fourth-order valence-electron chi connectivity index (χ4n) is 2.16. The van der Waals surface area contributed by atoms with Crippen LogP contribution < -0.4 is 0 Å². The smallest absolute Gasteiger partial charge is 0.191 e. The van der Waals surface area contributed by atoms with Crippen LogP contribution in [0, 0.1) is 27.7 Å². The molecule has 0 N–H and O–H groups in total. The van der Waals surface area contributed by atoms with Gasteiger partial charge < -0.3 is 4.42 Å². The lowest BCUT2D eigenvalue weighted by Gasteiger charge is -1.99. The van der Waals surface area contributed by atoms with E-state index in [9.17, 15) is 0 Å². The molecule has 0 aliphatic heterocycles. The topological polar surface area (TPSA) is 38.9 Å². The number of aryl methyl sites for hydroxylation is 4. The summed E-state index contributed by atoms with van der Waals surface area (Å²) in [6.45, 7) is 16.6. The molecule has 0 spiro atoms. The normalized spacial score (nSPS) is 9.48. The Bertz CT molecular complexity index is 503. The van der Waals surface area contributed by atoms with Crippen LogP contribution in [0.2, 0.25) is 0 Å². The Morgan fingerprint density at radius 3 is 1.43 bits per heavy atom. The molecule has 0 radical (unpaired) electrons. The van der Waals surface area contributed by atoms with Crippen molar-refractivity contribution in [3.8, 4) is 0 Å². The first kappa shape index (κ1) is 26.7. The van der Waals surface area contributed by atoms with Gasteiger partial charge in [0.15, 0.2) is 5.89 Å². The molecule has 0 saturated heterocycles. The summed E-state index contributed by atoms with van der Waals surface area (Å²) in [6.07, 6.45) is 0. The Morgan fingerprint density at radius 1 is 0.783 bits per heavy atom. The van der Waals surface area contributed by atoms with E-state index in [-0.39, 0.29) is 22.3 Å². The molecule has 0 bridgehead atoms. The molecule has 0 aromatic carbocycles. The van der Waals surface area contributed by atoms with Gasteiger partial charge in [-0.25, -0.2) is 9.97 Å². The molecule has 0 saturated carbocycles. The Labute approximate surface area is 148 Å². The van der Waals surface area contributed by atoms with Crippen molar-refractivity contribution in [2.24, 2.45) is 0 Å². The van der Waals surface area contributed by atoms with Crippen molar-refractivity contribution >= 4 is 11.3 Å². The van der Waals surface area contributed by atoms with Gasteiger partial charge >= 0.3 is 0 Å².